The van der Waals surface area contributed by atoms with Gasteiger partial charge in [-0.2, -0.15) is 0 Å². The van der Waals surface area contributed by atoms with Crippen molar-refractivity contribution >= 4 is 41.4 Å². The van der Waals surface area contributed by atoms with Crippen molar-refractivity contribution in [2.24, 2.45) is 0 Å². The first-order valence-corrected chi connectivity index (χ1v) is 8.44. The Balaban J connectivity index is 2.47. The van der Waals surface area contributed by atoms with Gasteiger partial charge in [0.1, 0.15) is 33.2 Å². The van der Waals surface area contributed by atoms with Crippen molar-refractivity contribution in [2.75, 3.05) is 7.11 Å². The number of carbonyl (C=O) groups is 3. The maximum atomic E-state index is 12.7. The highest BCUT2D eigenvalue weighted by Crippen LogP contribution is 2.52. The largest absolute Gasteiger partial charge is 0.506 e. The van der Waals surface area contributed by atoms with Crippen LogP contribution in [0.4, 0.5) is 0 Å². The molecule has 0 saturated carbocycles. The molecule has 0 aromatic heterocycles. The summed E-state index contributed by atoms with van der Waals surface area (Å²) >= 11 is 12.1. The van der Waals surface area contributed by atoms with Crippen LogP contribution in [0.2, 0.25) is 10.0 Å². The minimum atomic E-state index is -0.987. The Kier molecular flexibility index (Phi) is 4.86. The molecule has 1 aliphatic rings. The average Bonchev–Trinajstić information content (AvgIpc) is 2.81. The van der Waals surface area contributed by atoms with Crippen molar-refractivity contribution in [2.45, 2.75) is 13.8 Å². The maximum Gasteiger partial charge on any atom is 0.347 e. The third kappa shape index (κ3) is 2.64. The van der Waals surface area contributed by atoms with E-state index in [2.05, 4.69) is 4.74 Å². The summed E-state index contributed by atoms with van der Waals surface area (Å²) in [5, 5.41) is 19.8. The topological polar surface area (TPSA) is 119 Å². The molecule has 8 nitrogen and oxygen atoms in total. The fourth-order valence-electron chi connectivity index (χ4n) is 2.80. The Morgan fingerprint density at radius 3 is 2.21 bits per heavy atom. The van der Waals surface area contributed by atoms with Gasteiger partial charge >= 0.3 is 11.9 Å². The normalized spacial score (nSPS) is 12.2. The van der Waals surface area contributed by atoms with E-state index < -0.39 is 39.6 Å². The van der Waals surface area contributed by atoms with Crippen LogP contribution >= 0.6 is 23.2 Å². The van der Waals surface area contributed by atoms with E-state index in [9.17, 15) is 24.6 Å². The van der Waals surface area contributed by atoms with Gasteiger partial charge in [-0.1, -0.05) is 23.2 Å². The van der Waals surface area contributed by atoms with Gasteiger partial charge in [-0.25, -0.2) is 9.59 Å². The molecular formula is C18H12Cl2O8. The van der Waals surface area contributed by atoms with Crippen LogP contribution in [0.5, 0.6) is 28.7 Å². The first-order valence-electron chi connectivity index (χ1n) is 7.69. The molecule has 1 aliphatic heterocycles. The molecule has 0 fully saturated rings. The zero-order valence-corrected chi connectivity index (χ0v) is 16.2. The van der Waals surface area contributed by atoms with Crippen molar-refractivity contribution < 1.29 is 38.8 Å². The summed E-state index contributed by atoms with van der Waals surface area (Å²) in [5.41, 5.74) is -0.980. The number of rotatable bonds is 2. The molecule has 3 rings (SSSR count). The van der Waals surface area contributed by atoms with E-state index in [4.69, 9.17) is 32.7 Å². The molecule has 2 N–H and O–H groups in total. The van der Waals surface area contributed by atoms with Crippen molar-refractivity contribution in [1.82, 2.24) is 0 Å². The standard InChI is InChI=1S/C18H12Cl2O8/c1-5-8-15(7(4-21)13(23)10(5)19)27-16-9(17(24)26-3)11(20)12(22)6(2)14(16)28-18(8)25/h4,22-23H,1-3H3. The summed E-state index contributed by atoms with van der Waals surface area (Å²) in [7, 11) is 1.07. The van der Waals surface area contributed by atoms with Gasteiger partial charge in [0.25, 0.3) is 0 Å². The van der Waals surface area contributed by atoms with E-state index in [0.29, 0.717) is 0 Å². The Bertz CT molecular complexity index is 1070. The third-order valence-corrected chi connectivity index (χ3v) is 5.14. The van der Waals surface area contributed by atoms with Crippen molar-refractivity contribution in [3.05, 3.63) is 37.9 Å². The van der Waals surface area contributed by atoms with Crippen LogP contribution in [-0.4, -0.2) is 35.5 Å². The number of aldehydes is 1. The summed E-state index contributed by atoms with van der Waals surface area (Å²) in [5.74, 6) is -4.11. The van der Waals surface area contributed by atoms with Crippen molar-refractivity contribution in [3.63, 3.8) is 0 Å². The molecule has 10 heteroatoms. The Hall–Kier alpha value is -2.97. The molecule has 0 radical (unpaired) electrons. The fourth-order valence-corrected chi connectivity index (χ4v) is 3.30. The molecule has 2 aromatic rings. The average molecular weight is 427 g/mol. The van der Waals surface area contributed by atoms with Crippen LogP contribution in [0.25, 0.3) is 0 Å². The van der Waals surface area contributed by atoms with Gasteiger partial charge in [0.2, 0.25) is 0 Å². The lowest BCUT2D eigenvalue weighted by Gasteiger charge is -2.17. The number of phenolic OH excluding ortho intramolecular Hbond substituents is 2. The minimum absolute atomic E-state index is 0.00874. The summed E-state index contributed by atoms with van der Waals surface area (Å²) in [4.78, 5) is 36.5. The number of hydrogen-bond acceptors (Lipinski definition) is 8. The number of fused-ring (bicyclic) bond motifs is 2. The minimum Gasteiger partial charge on any atom is -0.506 e. The van der Waals surface area contributed by atoms with E-state index in [1.807, 2.05) is 0 Å². The quantitative estimate of drug-likeness (QED) is 0.420. The summed E-state index contributed by atoms with van der Waals surface area (Å²) in [6.45, 7) is 2.79. The van der Waals surface area contributed by atoms with Gasteiger partial charge in [0, 0.05) is 5.56 Å². The zero-order chi connectivity index (χ0) is 20.9. The van der Waals surface area contributed by atoms with Crippen LogP contribution in [0.3, 0.4) is 0 Å². The maximum absolute atomic E-state index is 12.7. The number of carbonyl (C=O) groups excluding carboxylic acids is 3. The molecule has 146 valence electrons. The summed E-state index contributed by atoms with van der Waals surface area (Å²) in [6, 6.07) is 0. The number of phenols is 2. The highest BCUT2D eigenvalue weighted by molar-refractivity contribution is 6.36. The van der Waals surface area contributed by atoms with E-state index in [0.717, 1.165) is 7.11 Å². The number of hydrogen-bond donors (Lipinski definition) is 2. The number of esters is 2. The number of benzene rings is 2. The highest BCUT2D eigenvalue weighted by Gasteiger charge is 2.37. The van der Waals surface area contributed by atoms with E-state index in [-0.39, 0.29) is 45.2 Å². The van der Waals surface area contributed by atoms with Crippen molar-refractivity contribution in [1.29, 1.82) is 0 Å². The smallest absolute Gasteiger partial charge is 0.347 e. The second-order valence-electron chi connectivity index (χ2n) is 5.83. The molecular weight excluding hydrogens is 415 g/mol. The van der Waals surface area contributed by atoms with Gasteiger partial charge in [0.05, 0.1) is 12.1 Å². The van der Waals surface area contributed by atoms with Crippen LogP contribution < -0.4 is 9.47 Å². The summed E-state index contributed by atoms with van der Waals surface area (Å²) in [6.07, 6.45) is 0.241. The van der Waals surface area contributed by atoms with Crippen LogP contribution in [0, 0.1) is 13.8 Å². The zero-order valence-electron chi connectivity index (χ0n) is 14.7. The first-order chi connectivity index (χ1) is 13.1. The van der Waals surface area contributed by atoms with E-state index in [1.54, 1.807) is 0 Å². The predicted octanol–water partition coefficient (Wildman–Crippen LogP) is 3.95. The van der Waals surface area contributed by atoms with Gasteiger partial charge in [0.15, 0.2) is 23.5 Å². The molecule has 0 spiro atoms. The number of ether oxygens (including phenoxy) is 3. The highest BCUT2D eigenvalue weighted by atomic mass is 35.5. The second kappa shape index (κ2) is 6.88. The molecule has 0 bridgehead atoms. The Morgan fingerprint density at radius 1 is 1.00 bits per heavy atom. The van der Waals surface area contributed by atoms with Crippen molar-refractivity contribution in [3.8, 4) is 28.7 Å². The SMILES string of the molecule is COC(=O)c1c(Cl)c(O)c(C)c2c1Oc1c(C=O)c(O)c(Cl)c(C)c1C(=O)O2. The molecule has 0 aliphatic carbocycles. The predicted molar refractivity (Wildman–Crippen MR) is 97.5 cm³/mol. The van der Waals surface area contributed by atoms with Crippen LogP contribution in [0.1, 0.15) is 42.2 Å². The van der Waals surface area contributed by atoms with E-state index >= 15 is 0 Å². The first kappa shape index (κ1) is 19.8. The lowest BCUT2D eigenvalue weighted by Crippen LogP contribution is -2.11. The van der Waals surface area contributed by atoms with E-state index in [1.165, 1.54) is 13.8 Å². The lowest BCUT2D eigenvalue weighted by atomic mass is 10.0. The molecule has 0 atom stereocenters. The Labute approximate surface area is 168 Å². The van der Waals surface area contributed by atoms with Gasteiger partial charge < -0.3 is 24.4 Å². The number of methoxy groups -OCH3 is 1. The van der Waals surface area contributed by atoms with Crippen LogP contribution in [-0.2, 0) is 4.74 Å². The summed E-state index contributed by atoms with van der Waals surface area (Å²) < 4.78 is 15.7. The second-order valence-corrected chi connectivity index (χ2v) is 6.58. The van der Waals surface area contributed by atoms with Crippen LogP contribution in [0.15, 0.2) is 0 Å². The number of halogens is 2. The molecule has 1 heterocycles. The number of aromatic hydroxyl groups is 2. The third-order valence-electron chi connectivity index (χ3n) is 4.31. The fraction of sp³-hybridized carbons (Fsp3) is 0.167. The molecule has 0 amide bonds. The Morgan fingerprint density at radius 2 is 1.64 bits per heavy atom. The molecule has 0 saturated heterocycles. The lowest BCUT2D eigenvalue weighted by molar-refractivity contribution is 0.0594. The van der Waals surface area contributed by atoms with Gasteiger partial charge in [-0.15, -0.1) is 0 Å². The van der Waals surface area contributed by atoms with Gasteiger partial charge in [-0.3, -0.25) is 4.79 Å². The molecule has 28 heavy (non-hydrogen) atoms. The van der Waals surface area contributed by atoms with Gasteiger partial charge in [-0.05, 0) is 19.4 Å². The monoisotopic (exact) mass is 426 g/mol. The molecule has 0 unspecified atom stereocenters. The molecule has 2 aromatic carbocycles.